The molecule has 5 rings (SSSR count). The van der Waals surface area contributed by atoms with E-state index >= 15 is 0 Å². The highest BCUT2D eigenvalue weighted by Crippen LogP contribution is 2.37. The topological polar surface area (TPSA) is 70.7 Å². The number of Topliss-reactive ketones (excluding diaryl/α,β-unsaturated/α-hetero) is 1. The highest BCUT2D eigenvalue weighted by atomic mass is 16.1. The lowest BCUT2D eigenvalue weighted by molar-refractivity contribution is -0.117. The number of imidazole rings is 1. The van der Waals surface area contributed by atoms with Gasteiger partial charge in [-0.1, -0.05) is 18.2 Å². The zero-order valence-electron chi connectivity index (χ0n) is 14.9. The number of aromatic nitrogens is 3. The second-order valence-corrected chi connectivity index (χ2v) is 7.75. The lowest BCUT2D eigenvalue weighted by Gasteiger charge is -2.36. The van der Waals surface area contributed by atoms with Gasteiger partial charge in [-0.3, -0.25) is 9.78 Å². The number of allylic oxidation sites excluding steroid dienone is 1. The molecule has 2 aliphatic rings. The number of nitrogens with zero attached hydrogens (tertiary/aromatic N) is 2. The molecule has 0 saturated carbocycles. The van der Waals surface area contributed by atoms with E-state index in [1.807, 2.05) is 30.5 Å². The maximum Gasteiger partial charge on any atom is 0.163 e. The summed E-state index contributed by atoms with van der Waals surface area (Å²) in [4.78, 5) is 25.4. The Hall–Kier alpha value is -2.95. The van der Waals surface area contributed by atoms with E-state index in [1.165, 1.54) is 0 Å². The van der Waals surface area contributed by atoms with E-state index in [0.29, 0.717) is 6.42 Å². The fourth-order valence-electron chi connectivity index (χ4n) is 4.05. The van der Waals surface area contributed by atoms with Crippen molar-refractivity contribution in [3.63, 3.8) is 0 Å². The van der Waals surface area contributed by atoms with Crippen LogP contribution in [0.2, 0.25) is 0 Å². The number of ketones is 1. The van der Waals surface area contributed by atoms with E-state index < -0.39 is 0 Å². The fraction of sp³-hybridized carbons (Fsp3) is 0.286. The van der Waals surface area contributed by atoms with E-state index in [4.69, 9.17) is 4.98 Å². The number of aryl methyl sites for hydroxylation is 1. The van der Waals surface area contributed by atoms with Crippen molar-refractivity contribution >= 4 is 22.4 Å². The molecule has 0 bridgehead atoms. The van der Waals surface area contributed by atoms with E-state index in [1.54, 1.807) is 0 Å². The van der Waals surface area contributed by atoms with Crippen molar-refractivity contribution < 1.29 is 4.79 Å². The summed E-state index contributed by atoms with van der Waals surface area (Å²) in [6, 6.07) is 10.1. The van der Waals surface area contributed by atoms with Gasteiger partial charge in [0.2, 0.25) is 0 Å². The molecule has 3 heterocycles. The van der Waals surface area contributed by atoms with Crippen LogP contribution in [0.5, 0.6) is 0 Å². The van der Waals surface area contributed by atoms with Crippen LogP contribution in [0.1, 0.15) is 38.1 Å². The van der Waals surface area contributed by atoms with Gasteiger partial charge in [-0.2, -0.15) is 0 Å². The number of hydrogen-bond donors (Lipinski definition) is 2. The minimum absolute atomic E-state index is 0.243. The Morgan fingerprint density at radius 3 is 2.85 bits per heavy atom. The van der Waals surface area contributed by atoms with E-state index in [9.17, 15) is 4.79 Å². The Bertz CT molecular complexity index is 1090. The van der Waals surface area contributed by atoms with Crippen LogP contribution in [0, 0.1) is 0 Å². The number of benzene rings is 1. The summed E-state index contributed by atoms with van der Waals surface area (Å²) in [5.74, 6) is 1.08. The average Bonchev–Trinajstić information content (AvgIpc) is 3.05. The molecule has 3 aromatic rings. The lowest BCUT2D eigenvalue weighted by atomic mass is 9.83. The summed E-state index contributed by atoms with van der Waals surface area (Å²) in [6.45, 7) is 4.12. The molecule has 130 valence electrons. The summed E-state index contributed by atoms with van der Waals surface area (Å²) in [7, 11) is 0. The lowest BCUT2D eigenvalue weighted by Crippen LogP contribution is -2.45. The molecule has 1 aliphatic heterocycles. The van der Waals surface area contributed by atoms with Gasteiger partial charge in [0, 0.05) is 40.4 Å². The molecule has 5 nitrogen and oxygen atoms in total. The third-order valence-corrected chi connectivity index (χ3v) is 5.25. The van der Waals surface area contributed by atoms with Crippen molar-refractivity contribution in [2.45, 2.75) is 38.6 Å². The maximum absolute atomic E-state index is 12.6. The Morgan fingerprint density at radius 1 is 1.12 bits per heavy atom. The predicted molar refractivity (Wildman–Crippen MR) is 101 cm³/mol. The number of fused-ring (bicyclic) bond motifs is 3. The van der Waals surface area contributed by atoms with Crippen LogP contribution in [0.3, 0.4) is 0 Å². The van der Waals surface area contributed by atoms with Crippen LogP contribution in [0.15, 0.2) is 42.1 Å². The number of H-pyrrole nitrogens is 1. The van der Waals surface area contributed by atoms with Gasteiger partial charge >= 0.3 is 0 Å². The molecule has 26 heavy (non-hydrogen) atoms. The maximum atomic E-state index is 12.6. The molecule has 2 N–H and O–H groups in total. The molecule has 0 atom stereocenters. The quantitative estimate of drug-likeness (QED) is 0.707. The molecular formula is C21H20N4O. The Kier molecular flexibility index (Phi) is 3.11. The number of rotatable bonds is 1. The second kappa shape index (κ2) is 5.27. The zero-order valence-corrected chi connectivity index (χ0v) is 14.9. The van der Waals surface area contributed by atoms with Crippen molar-refractivity contribution in [1.82, 2.24) is 20.3 Å². The van der Waals surface area contributed by atoms with E-state index in [0.717, 1.165) is 57.8 Å². The predicted octanol–water partition coefficient (Wildman–Crippen LogP) is 3.62. The number of aromatic amines is 1. The van der Waals surface area contributed by atoms with Crippen molar-refractivity contribution in [3.05, 3.63) is 53.5 Å². The first-order valence-electron chi connectivity index (χ1n) is 9.00. The smallest absolute Gasteiger partial charge is 0.163 e. The van der Waals surface area contributed by atoms with Crippen molar-refractivity contribution in [2.24, 2.45) is 0 Å². The number of carbonyl (C=O) groups excluding carboxylic acids is 1. The van der Waals surface area contributed by atoms with Gasteiger partial charge in [-0.15, -0.1) is 0 Å². The number of para-hydroxylation sites is 1. The van der Waals surface area contributed by atoms with Crippen LogP contribution in [0.4, 0.5) is 0 Å². The molecule has 0 unspecified atom stereocenters. The highest BCUT2D eigenvalue weighted by Gasteiger charge is 2.36. The van der Waals surface area contributed by atoms with Crippen molar-refractivity contribution in [3.8, 4) is 11.4 Å². The number of nitrogens with one attached hydrogen (secondary N) is 2. The largest absolute Gasteiger partial charge is 0.378 e. The first kappa shape index (κ1) is 15.3. The number of hydrogen-bond acceptors (Lipinski definition) is 4. The van der Waals surface area contributed by atoms with Crippen molar-refractivity contribution in [1.29, 1.82) is 0 Å². The minimum atomic E-state index is -0.243. The number of carbonyl (C=O) groups is 1. The summed E-state index contributed by atoms with van der Waals surface area (Å²) in [5, 5.41) is 4.62. The van der Waals surface area contributed by atoms with Gasteiger partial charge in [0.05, 0.1) is 11.2 Å². The van der Waals surface area contributed by atoms with Gasteiger partial charge in [0.15, 0.2) is 5.78 Å². The monoisotopic (exact) mass is 344 g/mol. The van der Waals surface area contributed by atoms with Gasteiger partial charge in [0.25, 0.3) is 0 Å². The minimum Gasteiger partial charge on any atom is -0.378 e. The highest BCUT2D eigenvalue weighted by molar-refractivity contribution is 6.05. The molecule has 5 heteroatoms. The van der Waals surface area contributed by atoms with Crippen LogP contribution in [-0.4, -0.2) is 26.3 Å². The van der Waals surface area contributed by atoms with E-state index in [-0.39, 0.29) is 11.3 Å². The first-order chi connectivity index (χ1) is 12.5. The van der Waals surface area contributed by atoms with Crippen LogP contribution in [0.25, 0.3) is 28.0 Å². The average molecular weight is 344 g/mol. The van der Waals surface area contributed by atoms with Crippen molar-refractivity contribution in [2.75, 3.05) is 0 Å². The summed E-state index contributed by atoms with van der Waals surface area (Å²) < 4.78 is 0. The van der Waals surface area contributed by atoms with Gasteiger partial charge in [-0.05, 0) is 38.8 Å². The first-order valence-corrected chi connectivity index (χ1v) is 9.00. The molecular weight excluding hydrogens is 324 g/mol. The Balaban J connectivity index is 1.67. The molecule has 0 spiro atoms. The van der Waals surface area contributed by atoms with Crippen LogP contribution >= 0.6 is 0 Å². The third kappa shape index (κ3) is 2.27. The Morgan fingerprint density at radius 2 is 1.96 bits per heavy atom. The summed E-state index contributed by atoms with van der Waals surface area (Å²) >= 11 is 0. The van der Waals surface area contributed by atoms with Crippen LogP contribution < -0.4 is 5.32 Å². The molecule has 0 amide bonds. The van der Waals surface area contributed by atoms with Crippen LogP contribution in [-0.2, 0) is 11.2 Å². The fourth-order valence-corrected chi connectivity index (χ4v) is 4.05. The van der Waals surface area contributed by atoms with Gasteiger partial charge in [0.1, 0.15) is 11.5 Å². The molecule has 0 fully saturated rings. The number of pyridine rings is 1. The SMILES string of the molecule is CC1(C)CC(=O)C2=C(N1)c1nc(-c3ccnc4ccccc34)[nH]c1CC2. The molecule has 0 radical (unpaired) electrons. The third-order valence-electron chi connectivity index (χ3n) is 5.25. The normalized spacial score (nSPS) is 18.5. The standard InChI is InChI=1S/C21H20N4O/c1-21(2)11-17(26)14-7-8-16-19(18(14)25-21)24-20(23-16)13-9-10-22-15-6-4-3-5-12(13)15/h3-6,9-10,25H,7-8,11H2,1-2H3,(H,23,24). The molecule has 2 aromatic heterocycles. The molecule has 1 aromatic carbocycles. The second-order valence-electron chi connectivity index (χ2n) is 7.75. The zero-order chi connectivity index (χ0) is 17.9. The van der Waals surface area contributed by atoms with E-state index in [2.05, 4.69) is 35.2 Å². The summed E-state index contributed by atoms with van der Waals surface area (Å²) in [5.41, 5.74) is 5.54. The Labute approximate surface area is 151 Å². The van der Waals surface area contributed by atoms with Gasteiger partial charge < -0.3 is 10.3 Å². The molecule has 1 aliphatic carbocycles. The van der Waals surface area contributed by atoms with Gasteiger partial charge in [-0.25, -0.2) is 4.98 Å². The summed E-state index contributed by atoms with van der Waals surface area (Å²) in [6.07, 6.45) is 3.93. The molecule has 0 saturated heterocycles.